The number of hydrogen-bond acceptors (Lipinski definition) is 8. The molecule has 2 aromatic carbocycles. The zero-order valence-corrected chi connectivity index (χ0v) is 18.0. The lowest BCUT2D eigenvalue weighted by Crippen LogP contribution is -2.27. The summed E-state index contributed by atoms with van der Waals surface area (Å²) in [4.78, 5) is 25.7. The zero-order chi connectivity index (χ0) is 22.0. The average Bonchev–Trinajstić information content (AvgIpc) is 3.31. The lowest BCUT2D eigenvalue weighted by Gasteiger charge is -2.14. The van der Waals surface area contributed by atoms with Crippen molar-refractivity contribution in [2.75, 3.05) is 24.9 Å². The number of rotatable bonds is 7. The van der Waals surface area contributed by atoms with Crippen LogP contribution < -0.4 is 23.8 Å². The SMILES string of the molecule is CCOc1cc(/C=C2/SC(=S)N(c3ccc4c(c3)OCO4)C2=O)ccc1OCC(=O)O. The Morgan fingerprint density at radius 2 is 2.00 bits per heavy atom. The first-order valence-electron chi connectivity index (χ1n) is 9.25. The Kier molecular flexibility index (Phi) is 6.01. The van der Waals surface area contributed by atoms with Crippen LogP contribution in [0.15, 0.2) is 41.3 Å². The fourth-order valence-electron chi connectivity index (χ4n) is 3.01. The van der Waals surface area contributed by atoms with Crippen molar-refractivity contribution in [2.45, 2.75) is 6.92 Å². The van der Waals surface area contributed by atoms with Gasteiger partial charge in [-0.2, -0.15) is 0 Å². The molecular weight excluding hydrogens is 442 g/mol. The zero-order valence-electron chi connectivity index (χ0n) is 16.3. The van der Waals surface area contributed by atoms with E-state index in [4.69, 9.17) is 36.3 Å². The molecule has 160 valence electrons. The van der Waals surface area contributed by atoms with Gasteiger partial charge in [-0.1, -0.05) is 30.0 Å². The molecule has 1 fully saturated rings. The standard InChI is InChI=1S/C21H17NO7S2/c1-2-26-16-7-12(3-5-14(16)27-10-19(23)24)8-18-20(25)22(21(30)31-18)13-4-6-15-17(9-13)29-11-28-15/h3-9H,2,10-11H2,1H3,(H,23,24)/b18-8+. The predicted molar refractivity (Wildman–Crippen MR) is 119 cm³/mol. The molecule has 0 unspecified atom stereocenters. The van der Waals surface area contributed by atoms with Gasteiger partial charge in [-0.25, -0.2) is 4.79 Å². The normalized spacial score (nSPS) is 16.2. The summed E-state index contributed by atoms with van der Waals surface area (Å²) in [7, 11) is 0. The van der Waals surface area contributed by atoms with Crippen LogP contribution in [0.4, 0.5) is 5.69 Å². The number of carboxylic acids is 1. The van der Waals surface area contributed by atoms with Crippen LogP contribution in [0, 0.1) is 0 Å². The van der Waals surface area contributed by atoms with E-state index in [9.17, 15) is 9.59 Å². The summed E-state index contributed by atoms with van der Waals surface area (Å²) in [5, 5.41) is 8.82. The molecule has 1 amide bonds. The highest BCUT2D eigenvalue weighted by molar-refractivity contribution is 8.27. The third-order valence-electron chi connectivity index (χ3n) is 4.32. The molecule has 10 heteroatoms. The van der Waals surface area contributed by atoms with E-state index in [0.29, 0.717) is 50.1 Å². The Hall–Kier alpha value is -3.24. The number of aliphatic carboxylic acids is 1. The van der Waals surface area contributed by atoms with Crippen molar-refractivity contribution >= 4 is 51.9 Å². The molecule has 2 aliphatic heterocycles. The number of anilines is 1. The number of thioether (sulfide) groups is 1. The van der Waals surface area contributed by atoms with E-state index in [1.165, 1.54) is 16.7 Å². The maximum atomic E-state index is 13.0. The Balaban J connectivity index is 1.59. The lowest BCUT2D eigenvalue weighted by molar-refractivity contribution is -0.139. The van der Waals surface area contributed by atoms with Crippen molar-refractivity contribution in [3.05, 3.63) is 46.9 Å². The quantitative estimate of drug-likeness (QED) is 0.491. The monoisotopic (exact) mass is 459 g/mol. The van der Waals surface area contributed by atoms with Gasteiger partial charge in [-0.05, 0) is 42.8 Å². The predicted octanol–water partition coefficient (Wildman–Crippen LogP) is 3.68. The van der Waals surface area contributed by atoms with E-state index in [1.54, 1.807) is 42.5 Å². The molecule has 4 rings (SSSR count). The van der Waals surface area contributed by atoms with Crippen LogP contribution in [-0.4, -0.2) is 41.3 Å². The van der Waals surface area contributed by atoms with Gasteiger partial charge in [0.15, 0.2) is 33.9 Å². The molecule has 2 aromatic rings. The second kappa shape index (κ2) is 8.86. The van der Waals surface area contributed by atoms with Crippen LogP contribution in [0.3, 0.4) is 0 Å². The third kappa shape index (κ3) is 4.44. The maximum Gasteiger partial charge on any atom is 0.341 e. The molecule has 1 saturated heterocycles. The minimum atomic E-state index is -1.08. The molecule has 31 heavy (non-hydrogen) atoms. The van der Waals surface area contributed by atoms with Gasteiger partial charge in [-0.3, -0.25) is 9.69 Å². The molecule has 0 bridgehead atoms. The topological polar surface area (TPSA) is 94.5 Å². The smallest absolute Gasteiger partial charge is 0.341 e. The first-order valence-corrected chi connectivity index (χ1v) is 10.5. The van der Waals surface area contributed by atoms with Crippen molar-refractivity contribution in [3.63, 3.8) is 0 Å². The molecule has 0 spiro atoms. The van der Waals surface area contributed by atoms with E-state index in [0.717, 1.165) is 0 Å². The Labute approximate surface area is 187 Å². The highest BCUT2D eigenvalue weighted by Gasteiger charge is 2.34. The molecular formula is C21H17NO7S2. The van der Waals surface area contributed by atoms with E-state index < -0.39 is 12.6 Å². The number of hydrogen-bond donors (Lipinski definition) is 1. The summed E-state index contributed by atoms with van der Waals surface area (Å²) in [6.07, 6.45) is 1.70. The van der Waals surface area contributed by atoms with E-state index in [1.807, 2.05) is 6.92 Å². The summed E-state index contributed by atoms with van der Waals surface area (Å²) < 4.78 is 21.9. The Bertz CT molecular complexity index is 1100. The van der Waals surface area contributed by atoms with Crippen LogP contribution in [-0.2, 0) is 9.59 Å². The number of nitrogens with zero attached hydrogens (tertiary/aromatic N) is 1. The Morgan fingerprint density at radius 1 is 1.19 bits per heavy atom. The third-order valence-corrected chi connectivity index (χ3v) is 5.63. The fraction of sp³-hybridized carbons (Fsp3) is 0.190. The second-order valence-corrected chi connectivity index (χ2v) is 8.05. The minimum absolute atomic E-state index is 0.144. The summed E-state index contributed by atoms with van der Waals surface area (Å²) in [6.45, 7) is 1.85. The van der Waals surface area contributed by atoms with Crippen LogP contribution in [0.5, 0.6) is 23.0 Å². The van der Waals surface area contributed by atoms with Crippen molar-refractivity contribution in [1.82, 2.24) is 0 Å². The first kappa shape index (κ1) is 21.0. The molecule has 0 radical (unpaired) electrons. The van der Waals surface area contributed by atoms with Gasteiger partial charge < -0.3 is 24.1 Å². The van der Waals surface area contributed by atoms with Crippen molar-refractivity contribution < 1.29 is 33.6 Å². The molecule has 8 nitrogen and oxygen atoms in total. The maximum absolute atomic E-state index is 13.0. The summed E-state index contributed by atoms with van der Waals surface area (Å²) in [5.74, 6) is 0.557. The molecule has 0 aliphatic carbocycles. The lowest BCUT2D eigenvalue weighted by atomic mass is 10.1. The summed E-state index contributed by atoms with van der Waals surface area (Å²) in [5.41, 5.74) is 1.29. The van der Waals surface area contributed by atoms with E-state index >= 15 is 0 Å². The van der Waals surface area contributed by atoms with Gasteiger partial charge in [0, 0.05) is 6.07 Å². The van der Waals surface area contributed by atoms with Gasteiger partial charge in [0.05, 0.1) is 17.2 Å². The van der Waals surface area contributed by atoms with E-state index in [-0.39, 0.29) is 12.7 Å². The average molecular weight is 460 g/mol. The highest BCUT2D eigenvalue weighted by atomic mass is 32.2. The number of carbonyl (C=O) groups excluding carboxylic acids is 1. The Morgan fingerprint density at radius 3 is 2.77 bits per heavy atom. The molecule has 0 atom stereocenters. The van der Waals surface area contributed by atoms with Crippen molar-refractivity contribution in [1.29, 1.82) is 0 Å². The van der Waals surface area contributed by atoms with Crippen LogP contribution >= 0.6 is 24.0 Å². The molecule has 0 aromatic heterocycles. The van der Waals surface area contributed by atoms with Gasteiger partial charge in [0.25, 0.3) is 5.91 Å². The van der Waals surface area contributed by atoms with Crippen LogP contribution in [0.2, 0.25) is 0 Å². The van der Waals surface area contributed by atoms with Crippen molar-refractivity contribution in [3.8, 4) is 23.0 Å². The number of fused-ring (bicyclic) bond motifs is 1. The minimum Gasteiger partial charge on any atom is -0.490 e. The largest absolute Gasteiger partial charge is 0.490 e. The first-order chi connectivity index (χ1) is 15.0. The number of thiocarbonyl (C=S) groups is 1. The van der Waals surface area contributed by atoms with Gasteiger partial charge in [0.2, 0.25) is 6.79 Å². The number of carbonyl (C=O) groups is 2. The van der Waals surface area contributed by atoms with Gasteiger partial charge >= 0.3 is 5.97 Å². The van der Waals surface area contributed by atoms with E-state index in [2.05, 4.69) is 0 Å². The number of carboxylic acid groups (broad SMARTS) is 1. The van der Waals surface area contributed by atoms with Gasteiger partial charge in [0.1, 0.15) is 0 Å². The molecule has 2 heterocycles. The number of amides is 1. The van der Waals surface area contributed by atoms with Crippen LogP contribution in [0.1, 0.15) is 12.5 Å². The van der Waals surface area contributed by atoms with Crippen LogP contribution in [0.25, 0.3) is 6.08 Å². The molecule has 1 N–H and O–H groups in total. The summed E-state index contributed by atoms with van der Waals surface area (Å²) in [6, 6.07) is 10.2. The highest BCUT2D eigenvalue weighted by Crippen LogP contribution is 2.41. The molecule has 0 saturated carbocycles. The number of ether oxygens (including phenoxy) is 4. The van der Waals surface area contributed by atoms with Crippen molar-refractivity contribution in [2.24, 2.45) is 0 Å². The fourth-order valence-corrected chi connectivity index (χ4v) is 4.31. The molecule has 2 aliphatic rings. The number of benzene rings is 2. The second-order valence-electron chi connectivity index (χ2n) is 6.38. The summed E-state index contributed by atoms with van der Waals surface area (Å²) >= 11 is 6.61. The van der Waals surface area contributed by atoms with Gasteiger partial charge in [-0.15, -0.1) is 0 Å².